The molecule has 2 N–H and O–H groups in total. The zero-order valence-corrected chi connectivity index (χ0v) is 33.5. The van der Waals surface area contributed by atoms with Crippen LogP contribution in [0.1, 0.15) is 182 Å². The molecule has 5 atom stereocenters. The van der Waals surface area contributed by atoms with Crippen LogP contribution in [0, 0.1) is 11.8 Å². The van der Waals surface area contributed by atoms with Crippen LogP contribution in [0.4, 0.5) is 0 Å². The molecule has 278 valence electrons. The molecule has 8 heteroatoms. The molecule has 1 aromatic carbocycles. The summed E-state index contributed by atoms with van der Waals surface area (Å²) in [7, 11) is -7.18. The standard InChI is InChI=1S/C23H41O3P.C16H35O3P/c1-4-7-9-10-11-12-13-17-22-18-14-15-19-23(22)27(24,25)26-20-21(6-3)16-8-5-2;1-5-8-10-11-12-15(4)20(17,18)19-14-16(7-3)13-9-6-2/h14-15,18-19,21H,4-13,16-17,20H2,1-3H3,(H,24,25);15-16H,5-14H2,1-4H3,(H,17,18). The quantitative estimate of drug-likeness (QED) is 0.0637. The van der Waals surface area contributed by atoms with Gasteiger partial charge in [0.25, 0.3) is 0 Å². The monoisotopic (exact) mass is 703 g/mol. The van der Waals surface area contributed by atoms with Crippen LogP contribution in [0.2, 0.25) is 0 Å². The van der Waals surface area contributed by atoms with Gasteiger partial charge in [-0.15, -0.1) is 0 Å². The number of aryl methyl sites for hydroxylation is 1. The van der Waals surface area contributed by atoms with Crippen molar-refractivity contribution in [3.05, 3.63) is 29.8 Å². The van der Waals surface area contributed by atoms with E-state index in [1.807, 2.05) is 25.1 Å². The second kappa shape index (κ2) is 29.3. The lowest BCUT2D eigenvalue weighted by Gasteiger charge is -2.22. The molecule has 0 aliphatic rings. The van der Waals surface area contributed by atoms with Crippen molar-refractivity contribution in [2.45, 2.75) is 189 Å². The van der Waals surface area contributed by atoms with Crippen LogP contribution < -0.4 is 5.30 Å². The van der Waals surface area contributed by atoms with Crippen LogP contribution in [0.25, 0.3) is 0 Å². The summed E-state index contributed by atoms with van der Waals surface area (Å²) >= 11 is 0. The minimum Gasteiger partial charge on any atom is -0.324 e. The molecule has 0 aromatic heterocycles. The van der Waals surface area contributed by atoms with E-state index in [1.54, 1.807) is 6.07 Å². The highest BCUT2D eigenvalue weighted by molar-refractivity contribution is 7.61. The van der Waals surface area contributed by atoms with E-state index in [0.29, 0.717) is 30.4 Å². The van der Waals surface area contributed by atoms with Crippen LogP contribution in [0.3, 0.4) is 0 Å². The first kappa shape index (κ1) is 46.5. The van der Waals surface area contributed by atoms with E-state index in [1.165, 1.54) is 64.2 Å². The fourth-order valence-electron chi connectivity index (χ4n) is 5.71. The van der Waals surface area contributed by atoms with Crippen molar-refractivity contribution in [1.82, 2.24) is 0 Å². The van der Waals surface area contributed by atoms with E-state index in [0.717, 1.165) is 76.2 Å². The van der Waals surface area contributed by atoms with Crippen molar-refractivity contribution >= 4 is 20.5 Å². The Hall–Kier alpha value is -0.480. The Morgan fingerprint density at radius 3 is 1.60 bits per heavy atom. The first-order chi connectivity index (χ1) is 22.5. The minimum absolute atomic E-state index is 0.233. The summed E-state index contributed by atoms with van der Waals surface area (Å²) in [6.45, 7) is 15.6. The molecule has 0 fully saturated rings. The first-order valence-electron chi connectivity index (χ1n) is 19.5. The summed E-state index contributed by atoms with van der Waals surface area (Å²) < 4.78 is 36.1. The molecule has 0 aliphatic carbocycles. The van der Waals surface area contributed by atoms with Crippen LogP contribution in [0.5, 0.6) is 0 Å². The summed E-state index contributed by atoms with van der Waals surface area (Å²) in [5.41, 5.74) is 0.738. The smallest absolute Gasteiger partial charge is 0.324 e. The van der Waals surface area contributed by atoms with Crippen LogP contribution in [0.15, 0.2) is 24.3 Å². The van der Waals surface area contributed by atoms with Gasteiger partial charge < -0.3 is 18.8 Å². The highest BCUT2D eigenvalue weighted by Gasteiger charge is 2.29. The molecular weight excluding hydrogens is 626 g/mol. The maximum atomic E-state index is 12.9. The number of rotatable bonds is 29. The van der Waals surface area contributed by atoms with Gasteiger partial charge in [0.2, 0.25) is 0 Å². The summed E-state index contributed by atoms with van der Waals surface area (Å²) in [5, 5.41) is 0.501. The molecule has 47 heavy (non-hydrogen) atoms. The lowest BCUT2D eigenvalue weighted by atomic mass is 10.0. The van der Waals surface area contributed by atoms with Gasteiger partial charge in [0, 0.05) is 0 Å². The molecule has 0 saturated heterocycles. The van der Waals surface area contributed by atoms with Crippen LogP contribution >= 0.6 is 15.2 Å². The summed E-state index contributed by atoms with van der Waals surface area (Å²) in [4.78, 5) is 20.6. The fourth-order valence-corrected chi connectivity index (χ4v) is 8.28. The van der Waals surface area contributed by atoms with Crippen molar-refractivity contribution in [2.24, 2.45) is 11.8 Å². The van der Waals surface area contributed by atoms with Gasteiger partial charge in [0.15, 0.2) is 0 Å². The zero-order valence-electron chi connectivity index (χ0n) is 31.7. The predicted octanol–water partition coefficient (Wildman–Crippen LogP) is 12.8. The first-order valence-corrected chi connectivity index (χ1v) is 22.8. The summed E-state index contributed by atoms with van der Waals surface area (Å²) in [6.07, 6.45) is 23.7. The van der Waals surface area contributed by atoms with E-state index >= 15 is 0 Å². The highest BCUT2D eigenvalue weighted by atomic mass is 31.2. The predicted molar refractivity (Wildman–Crippen MR) is 204 cm³/mol. The summed E-state index contributed by atoms with van der Waals surface area (Å²) in [5.74, 6) is 0.781. The van der Waals surface area contributed by atoms with E-state index in [-0.39, 0.29) is 5.66 Å². The molecule has 1 rings (SSSR count). The molecule has 5 unspecified atom stereocenters. The van der Waals surface area contributed by atoms with Crippen molar-refractivity contribution < 1.29 is 28.0 Å². The van der Waals surface area contributed by atoms with E-state index in [9.17, 15) is 18.9 Å². The third-order valence-electron chi connectivity index (χ3n) is 9.45. The topological polar surface area (TPSA) is 93.1 Å². The molecule has 0 radical (unpaired) electrons. The van der Waals surface area contributed by atoms with E-state index in [2.05, 4.69) is 41.5 Å². The number of hydrogen-bond acceptors (Lipinski definition) is 4. The van der Waals surface area contributed by atoms with E-state index < -0.39 is 15.2 Å². The second-order valence-electron chi connectivity index (χ2n) is 13.7. The lowest BCUT2D eigenvalue weighted by molar-refractivity contribution is 0.198. The maximum Gasteiger partial charge on any atom is 0.359 e. The van der Waals surface area contributed by atoms with Crippen molar-refractivity contribution in [3.63, 3.8) is 0 Å². The Kier molecular flexibility index (Phi) is 29.0. The normalized spacial score (nSPS) is 16.0. The Morgan fingerprint density at radius 1 is 0.596 bits per heavy atom. The third kappa shape index (κ3) is 22.8. The SMILES string of the molecule is CCCCCCC(C)P(=O)(O)OCC(CC)CCCC.CCCCCCCCCc1ccccc1P(=O)(O)OCC(CC)CCCC. The number of benzene rings is 1. The average molecular weight is 703 g/mol. The average Bonchev–Trinajstić information content (AvgIpc) is 3.06. The Bertz CT molecular complexity index is 955. The molecule has 0 aliphatic heterocycles. The van der Waals surface area contributed by atoms with Crippen molar-refractivity contribution in [1.29, 1.82) is 0 Å². The zero-order chi connectivity index (χ0) is 35.4. The van der Waals surface area contributed by atoms with Gasteiger partial charge in [-0.25, -0.2) is 0 Å². The highest BCUT2D eigenvalue weighted by Crippen LogP contribution is 2.50. The maximum absolute atomic E-state index is 12.9. The summed E-state index contributed by atoms with van der Waals surface area (Å²) in [6, 6.07) is 7.54. The number of unbranched alkanes of at least 4 members (excludes halogenated alkanes) is 11. The largest absolute Gasteiger partial charge is 0.359 e. The van der Waals surface area contributed by atoms with Gasteiger partial charge in [-0.3, -0.25) is 9.13 Å². The lowest BCUT2D eigenvalue weighted by Crippen LogP contribution is -2.16. The molecule has 1 aromatic rings. The van der Waals surface area contributed by atoms with Gasteiger partial charge >= 0.3 is 15.2 Å². The van der Waals surface area contributed by atoms with Gasteiger partial charge in [-0.1, -0.05) is 169 Å². The van der Waals surface area contributed by atoms with Gasteiger partial charge in [-0.2, -0.15) is 0 Å². The van der Waals surface area contributed by atoms with Crippen LogP contribution in [-0.4, -0.2) is 28.7 Å². The minimum atomic E-state index is -3.75. The fraction of sp³-hybridized carbons (Fsp3) is 0.846. The number of hydrogen-bond donors (Lipinski definition) is 2. The van der Waals surface area contributed by atoms with E-state index in [4.69, 9.17) is 9.05 Å². The Labute approximate surface area is 291 Å². The molecule has 0 amide bonds. The molecule has 0 spiro atoms. The third-order valence-corrected chi connectivity index (χ3v) is 12.9. The molecule has 0 saturated carbocycles. The Morgan fingerprint density at radius 2 is 1.06 bits per heavy atom. The van der Waals surface area contributed by atoms with Crippen LogP contribution in [-0.2, 0) is 24.6 Å². The molecular formula is C39H76O6P2. The van der Waals surface area contributed by atoms with Gasteiger partial charge in [-0.05, 0) is 55.6 Å². The second-order valence-corrected chi connectivity index (χ2v) is 17.8. The van der Waals surface area contributed by atoms with Gasteiger partial charge in [0.05, 0.1) is 24.2 Å². The van der Waals surface area contributed by atoms with Crippen molar-refractivity contribution in [3.8, 4) is 0 Å². The Balaban J connectivity index is 0.000000945. The molecule has 0 heterocycles. The molecule has 6 nitrogen and oxygen atoms in total. The molecule has 0 bridgehead atoms. The van der Waals surface area contributed by atoms with Crippen molar-refractivity contribution in [2.75, 3.05) is 13.2 Å². The van der Waals surface area contributed by atoms with Gasteiger partial charge in [0.1, 0.15) is 0 Å².